The minimum atomic E-state index is -0.552. The van der Waals surface area contributed by atoms with Crippen molar-refractivity contribution in [2.24, 2.45) is 0 Å². The summed E-state index contributed by atoms with van der Waals surface area (Å²) in [4.78, 5) is 29.0. The molecule has 0 saturated carbocycles. The van der Waals surface area contributed by atoms with Crippen LogP contribution in [-0.2, 0) is 11.3 Å². The van der Waals surface area contributed by atoms with E-state index in [1.54, 1.807) is 23.1 Å². The number of anilines is 1. The summed E-state index contributed by atoms with van der Waals surface area (Å²) in [6.07, 6.45) is -0.327. The Bertz CT molecular complexity index is 1120. The molecule has 7 nitrogen and oxygen atoms in total. The van der Waals surface area contributed by atoms with Crippen molar-refractivity contribution in [1.82, 2.24) is 9.80 Å². The molecule has 1 saturated heterocycles. The second-order valence-electron chi connectivity index (χ2n) is 9.64. The molecule has 0 spiro atoms. The molecule has 0 bridgehead atoms. The zero-order valence-electron chi connectivity index (χ0n) is 20.3. The summed E-state index contributed by atoms with van der Waals surface area (Å²) in [6, 6.07) is 11.1. The number of hydrogen-bond acceptors (Lipinski definition) is 5. The minimum absolute atomic E-state index is 0.0518. The van der Waals surface area contributed by atoms with Crippen LogP contribution in [0, 0.1) is 24.1 Å². The van der Waals surface area contributed by atoms with E-state index in [1.165, 1.54) is 18.2 Å². The normalized spacial score (nSPS) is 16.6. The molecular formula is C26H31FN4O3. The van der Waals surface area contributed by atoms with Crippen molar-refractivity contribution in [2.45, 2.75) is 52.8 Å². The molecule has 0 radical (unpaired) electrons. The summed E-state index contributed by atoms with van der Waals surface area (Å²) in [5.41, 5.74) is 2.08. The topological polar surface area (TPSA) is 85.7 Å². The maximum Gasteiger partial charge on any atom is 0.410 e. The summed E-state index contributed by atoms with van der Waals surface area (Å²) >= 11 is 0. The van der Waals surface area contributed by atoms with Crippen molar-refractivity contribution in [1.29, 1.82) is 5.26 Å². The summed E-state index contributed by atoms with van der Waals surface area (Å²) < 4.78 is 20.0. The number of nitrogens with zero attached hydrogens (tertiary/aromatic N) is 3. The number of nitrogens with one attached hydrogen (secondary N) is 1. The highest BCUT2D eigenvalue weighted by Crippen LogP contribution is 2.25. The second-order valence-corrected chi connectivity index (χ2v) is 9.64. The number of nitriles is 1. The second kappa shape index (κ2) is 10.2. The molecule has 1 fully saturated rings. The summed E-state index contributed by atoms with van der Waals surface area (Å²) in [5.74, 6) is -0.849. The number of benzene rings is 2. The first-order chi connectivity index (χ1) is 16.0. The molecule has 34 heavy (non-hydrogen) atoms. The first kappa shape index (κ1) is 25.2. The number of halogens is 1. The molecule has 0 aromatic heterocycles. The first-order valence-corrected chi connectivity index (χ1v) is 11.3. The van der Waals surface area contributed by atoms with Crippen molar-refractivity contribution in [3.63, 3.8) is 0 Å². The highest BCUT2D eigenvalue weighted by molar-refractivity contribution is 6.04. The van der Waals surface area contributed by atoms with Crippen LogP contribution in [0.15, 0.2) is 36.4 Å². The third-order valence-corrected chi connectivity index (χ3v) is 5.72. The van der Waals surface area contributed by atoms with Gasteiger partial charge >= 0.3 is 6.09 Å². The fourth-order valence-corrected chi connectivity index (χ4v) is 3.96. The Morgan fingerprint density at radius 2 is 1.97 bits per heavy atom. The molecule has 3 rings (SSSR count). The van der Waals surface area contributed by atoms with E-state index in [4.69, 9.17) is 10.00 Å². The van der Waals surface area contributed by atoms with Gasteiger partial charge in [-0.3, -0.25) is 9.69 Å². The van der Waals surface area contributed by atoms with Gasteiger partial charge in [0.15, 0.2) is 0 Å². The van der Waals surface area contributed by atoms with Crippen LogP contribution in [0.1, 0.15) is 54.7 Å². The fraction of sp³-hybridized carbons (Fsp3) is 0.423. The van der Waals surface area contributed by atoms with Crippen LogP contribution >= 0.6 is 0 Å². The highest BCUT2D eigenvalue weighted by atomic mass is 19.1. The van der Waals surface area contributed by atoms with E-state index in [2.05, 4.69) is 10.2 Å². The minimum Gasteiger partial charge on any atom is -0.444 e. The molecule has 2 aromatic carbocycles. The average Bonchev–Trinajstić information content (AvgIpc) is 2.75. The van der Waals surface area contributed by atoms with Crippen molar-refractivity contribution in [3.8, 4) is 6.07 Å². The van der Waals surface area contributed by atoms with Gasteiger partial charge in [0.05, 0.1) is 11.6 Å². The Morgan fingerprint density at radius 1 is 1.24 bits per heavy atom. The lowest BCUT2D eigenvalue weighted by Gasteiger charge is -2.40. The largest absolute Gasteiger partial charge is 0.444 e. The molecule has 1 N–H and O–H groups in total. The maximum absolute atomic E-state index is 14.5. The molecule has 0 aliphatic carbocycles. The smallest absolute Gasteiger partial charge is 0.410 e. The monoisotopic (exact) mass is 466 g/mol. The summed E-state index contributed by atoms with van der Waals surface area (Å²) in [7, 11) is 0. The summed E-state index contributed by atoms with van der Waals surface area (Å²) in [5, 5.41) is 11.8. The van der Waals surface area contributed by atoms with Crippen LogP contribution in [0.3, 0.4) is 0 Å². The standard InChI is InChI=1S/C26H31FN4O3/c1-17-15-30(9-10-31(17)25(33)34-26(3,4)5)16-21-12-22(27)13-23(18(21)2)29-24(32)20-8-6-7-19(11-20)14-28/h6-8,11-13,17H,9-10,15-16H2,1-5H3,(H,29,32). The average molecular weight is 467 g/mol. The number of carbonyl (C=O) groups is 2. The molecule has 1 unspecified atom stereocenters. The van der Waals surface area contributed by atoms with Crippen LogP contribution in [-0.4, -0.2) is 53.1 Å². The van der Waals surface area contributed by atoms with E-state index in [1.807, 2.05) is 40.7 Å². The van der Waals surface area contributed by atoms with Crippen molar-refractivity contribution in [3.05, 3.63) is 64.5 Å². The Kier molecular flexibility index (Phi) is 7.57. The zero-order chi connectivity index (χ0) is 25.0. The van der Waals surface area contributed by atoms with Gasteiger partial charge < -0.3 is 15.0 Å². The molecule has 2 amide bonds. The molecule has 2 aromatic rings. The number of ether oxygens (including phenoxy) is 1. The van der Waals surface area contributed by atoms with E-state index in [-0.39, 0.29) is 12.1 Å². The van der Waals surface area contributed by atoms with Gasteiger partial charge in [-0.05, 0) is 76.1 Å². The van der Waals surface area contributed by atoms with E-state index in [0.717, 1.165) is 11.1 Å². The van der Waals surface area contributed by atoms with Gasteiger partial charge in [0.25, 0.3) is 5.91 Å². The van der Waals surface area contributed by atoms with Gasteiger partial charge in [-0.1, -0.05) is 6.07 Å². The Hall–Kier alpha value is -3.44. The molecule has 8 heteroatoms. The molecule has 1 heterocycles. The maximum atomic E-state index is 14.5. The van der Waals surface area contributed by atoms with Gasteiger partial charge in [0.1, 0.15) is 11.4 Å². The van der Waals surface area contributed by atoms with Gasteiger partial charge in [0.2, 0.25) is 0 Å². The molecular weight excluding hydrogens is 435 g/mol. The summed E-state index contributed by atoms with van der Waals surface area (Å²) in [6.45, 7) is 11.6. The number of amides is 2. The zero-order valence-corrected chi connectivity index (χ0v) is 20.3. The van der Waals surface area contributed by atoms with Gasteiger partial charge in [0, 0.05) is 43.5 Å². The van der Waals surface area contributed by atoms with E-state index >= 15 is 0 Å². The highest BCUT2D eigenvalue weighted by Gasteiger charge is 2.31. The third kappa shape index (κ3) is 6.33. The Morgan fingerprint density at radius 3 is 2.62 bits per heavy atom. The fourth-order valence-electron chi connectivity index (χ4n) is 3.96. The molecule has 1 aliphatic rings. The Balaban J connectivity index is 1.70. The number of piperazine rings is 1. The van der Waals surface area contributed by atoms with E-state index in [9.17, 15) is 14.0 Å². The quantitative estimate of drug-likeness (QED) is 0.706. The predicted molar refractivity (Wildman–Crippen MR) is 128 cm³/mol. The Labute approximate surface area is 200 Å². The van der Waals surface area contributed by atoms with Crippen LogP contribution in [0.5, 0.6) is 0 Å². The van der Waals surface area contributed by atoms with Crippen LogP contribution in [0.4, 0.5) is 14.9 Å². The third-order valence-electron chi connectivity index (χ3n) is 5.72. The number of rotatable bonds is 4. The van der Waals surface area contributed by atoms with Crippen LogP contribution in [0.25, 0.3) is 0 Å². The van der Waals surface area contributed by atoms with Crippen molar-refractivity contribution < 1.29 is 18.7 Å². The number of carbonyl (C=O) groups excluding carboxylic acids is 2. The lowest BCUT2D eigenvalue weighted by atomic mass is 10.0. The lowest BCUT2D eigenvalue weighted by Crippen LogP contribution is -2.54. The lowest BCUT2D eigenvalue weighted by molar-refractivity contribution is 0.000530. The predicted octanol–water partition coefficient (Wildman–Crippen LogP) is 4.70. The van der Waals surface area contributed by atoms with Crippen LogP contribution in [0.2, 0.25) is 0 Å². The SMILES string of the molecule is Cc1c(CN2CCN(C(=O)OC(C)(C)C)C(C)C2)cc(F)cc1NC(=O)c1cccc(C#N)c1. The van der Waals surface area contributed by atoms with Gasteiger partial charge in [-0.15, -0.1) is 0 Å². The van der Waals surface area contributed by atoms with E-state index in [0.29, 0.717) is 43.0 Å². The molecule has 180 valence electrons. The van der Waals surface area contributed by atoms with Gasteiger partial charge in [-0.25, -0.2) is 9.18 Å². The number of hydrogen-bond donors (Lipinski definition) is 1. The molecule has 1 aliphatic heterocycles. The van der Waals surface area contributed by atoms with Crippen molar-refractivity contribution >= 4 is 17.7 Å². The van der Waals surface area contributed by atoms with Crippen molar-refractivity contribution in [2.75, 3.05) is 25.0 Å². The molecule has 1 atom stereocenters. The van der Waals surface area contributed by atoms with Crippen LogP contribution < -0.4 is 5.32 Å². The first-order valence-electron chi connectivity index (χ1n) is 11.3. The van der Waals surface area contributed by atoms with Gasteiger partial charge in [-0.2, -0.15) is 5.26 Å². The van der Waals surface area contributed by atoms with E-state index < -0.39 is 17.3 Å².